The highest BCUT2D eigenvalue weighted by Gasteiger charge is 2.87. The van der Waals surface area contributed by atoms with E-state index >= 15 is 0 Å². The van der Waals surface area contributed by atoms with Gasteiger partial charge in [0.15, 0.2) is 0 Å². The summed E-state index contributed by atoms with van der Waals surface area (Å²) >= 11 is 0. The minimum absolute atomic E-state index is 0.0135. The van der Waals surface area contributed by atoms with E-state index < -0.39 is 0 Å². The molecule has 0 heterocycles. The lowest BCUT2D eigenvalue weighted by molar-refractivity contribution is 0.00576. The van der Waals surface area contributed by atoms with Crippen LogP contribution in [0.2, 0.25) is 0 Å². The molecule has 2 saturated carbocycles. The van der Waals surface area contributed by atoms with E-state index in [-0.39, 0.29) is 23.7 Å². The summed E-state index contributed by atoms with van der Waals surface area (Å²) in [6, 6.07) is 0.0135. The molecule has 6 atom stereocenters. The first-order valence-corrected chi connectivity index (χ1v) is 4.54. The number of ether oxygens (including phenoxy) is 1. The Hall–Kier alpha value is -0.120. The van der Waals surface area contributed by atoms with Gasteiger partial charge in [0.2, 0.25) is 0 Å². The zero-order valence-electron chi connectivity index (χ0n) is 7.82. The molecular weight excluding hydrogens is 154 g/mol. The van der Waals surface area contributed by atoms with Crippen LogP contribution in [0, 0.1) is 17.3 Å². The van der Waals surface area contributed by atoms with Gasteiger partial charge < -0.3 is 15.6 Å². The van der Waals surface area contributed by atoms with Crippen molar-refractivity contribution >= 4 is 0 Å². The SMILES string of the molecule is CO[C@@H]([C@H](C)N)C12[C@@H]([C@@H]1C)[C@@H]2O. The Morgan fingerprint density at radius 1 is 1.58 bits per heavy atom. The molecule has 2 aliphatic carbocycles. The van der Waals surface area contributed by atoms with Gasteiger partial charge in [-0.25, -0.2) is 0 Å². The van der Waals surface area contributed by atoms with Gasteiger partial charge in [-0.3, -0.25) is 0 Å². The fourth-order valence-electron chi connectivity index (χ4n) is 3.00. The van der Waals surface area contributed by atoms with E-state index in [1.165, 1.54) is 0 Å². The van der Waals surface area contributed by atoms with E-state index in [4.69, 9.17) is 10.5 Å². The Morgan fingerprint density at radius 2 is 2.17 bits per heavy atom. The molecule has 3 heteroatoms. The lowest BCUT2D eigenvalue weighted by Gasteiger charge is -2.25. The summed E-state index contributed by atoms with van der Waals surface area (Å²) in [6.45, 7) is 4.10. The van der Waals surface area contributed by atoms with Crippen LogP contribution in [0.1, 0.15) is 13.8 Å². The average Bonchev–Trinajstić information content (AvgIpc) is 2.79. The number of hydrogen-bond acceptors (Lipinski definition) is 3. The topological polar surface area (TPSA) is 55.5 Å². The number of fused-ring (bicyclic) bond motifs is 1. The Labute approximate surface area is 72.9 Å². The quantitative estimate of drug-likeness (QED) is 0.627. The van der Waals surface area contributed by atoms with Crippen LogP contribution >= 0.6 is 0 Å². The third-order valence-electron chi connectivity index (χ3n) is 3.76. The molecular formula is C9H17NO2. The molecule has 0 aliphatic heterocycles. The second-order valence-corrected chi connectivity index (χ2v) is 4.27. The zero-order chi connectivity index (χ0) is 9.09. The van der Waals surface area contributed by atoms with Crippen molar-refractivity contribution in [2.45, 2.75) is 32.1 Å². The second kappa shape index (κ2) is 2.22. The lowest BCUT2D eigenvalue weighted by atomic mass is 9.95. The summed E-state index contributed by atoms with van der Waals surface area (Å²) in [5, 5.41) is 9.52. The maximum absolute atomic E-state index is 9.52. The minimum Gasteiger partial charge on any atom is -0.392 e. The molecule has 1 unspecified atom stereocenters. The van der Waals surface area contributed by atoms with Gasteiger partial charge >= 0.3 is 0 Å². The van der Waals surface area contributed by atoms with Gasteiger partial charge in [0.25, 0.3) is 0 Å². The van der Waals surface area contributed by atoms with Crippen LogP contribution in [-0.4, -0.2) is 30.5 Å². The van der Waals surface area contributed by atoms with Crippen molar-refractivity contribution in [3.63, 3.8) is 0 Å². The number of aliphatic hydroxyl groups is 1. The maximum Gasteiger partial charge on any atom is 0.0806 e. The molecule has 2 aliphatic rings. The fraction of sp³-hybridized carbons (Fsp3) is 1.00. The normalized spacial score (nSPS) is 54.2. The van der Waals surface area contributed by atoms with Gasteiger partial charge in [-0.1, -0.05) is 6.92 Å². The number of aliphatic hydroxyl groups excluding tert-OH is 1. The van der Waals surface area contributed by atoms with Gasteiger partial charge in [-0.2, -0.15) is 0 Å². The van der Waals surface area contributed by atoms with Crippen molar-refractivity contribution in [3.05, 3.63) is 0 Å². The first kappa shape index (κ1) is 8.48. The van der Waals surface area contributed by atoms with E-state index in [0.29, 0.717) is 11.8 Å². The largest absolute Gasteiger partial charge is 0.392 e. The van der Waals surface area contributed by atoms with Crippen molar-refractivity contribution in [2.75, 3.05) is 7.11 Å². The smallest absolute Gasteiger partial charge is 0.0806 e. The van der Waals surface area contributed by atoms with E-state index in [2.05, 4.69) is 6.92 Å². The molecule has 0 spiro atoms. The third-order valence-corrected chi connectivity index (χ3v) is 3.76. The van der Waals surface area contributed by atoms with Crippen molar-refractivity contribution in [1.29, 1.82) is 0 Å². The summed E-state index contributed by atoms with van der Waals surface area (Å²) in [5.74, 6) is 1.07. The van der Waals surface area contributed by atoms with Gasteiger partial charge in [-0.15, -0.1) is 0 Å². The summed E-state index contributed by atoms with van der Waals surface area (Å²) in [4.78, 5) is 0. The monoisotopic (exact) mass is 171 g/mol. The molecule has 0 aromatic heterocycles. The predicted molar refractivity (Wildman–Crippen MR) is 45.5 cm³/mol. The van der Waals surface area contributed by atoms with E-state index in [9.17, 15) is 5.11 Å². The van der Waals surface area contributed by atoms with Gasteiger partial charge in [-0.05, 0) is 18.8 Å². The number of hydrogen-bond donors (Lipinski definition) is 2. The van der Waals surface area contributed by atoms with Crippen molar-refractivity contribution in [3.8, 4) is 0 Å². The highest BCUT2D eigenvalue weighted by molar-refractivity contribution is 5.35. The number of methoxy groups -OCH3 is 1. The Bertz CT molecular complexity index is 195. The Morgan fingerprint density at radius 3 is 2.25 bits per heavy atom. The third kappa shape index (κ3) is 0.679. The Balaban J connectivity index is 2.09. The summed E-state index contributed by atoms with van der Waals surface area (Å²) < 4.78 is 5.34. The summed E-state index contributed by atoms with van der Waals surface area (Å²) in [7, 11) is 1.68. The molecule has 3 nitrogen and oxygen atoms in total. The molecule has 0 aromatic rings. The molecule has 0 aromatic carbocycles. The number of rotatable bonds is 3. The van der Waals surface area contributed by atoms with Crippen LogP contribution in [0.4, 0.5) is 0 Å². The fourth-order valence-corrected chi connectivity index (χ4v) is 3.00. The molecule has 0 amide bonds. The van der Waals surface area contributed by atoms with Gasteiger partial charge in [0, 0.05) is 18.6 Å². The predicted octanol–water partition coefficient (Wildman–Crippen LogP) is -0.0246. The van der Waals surface area contributed by atoms with E-state index in [0.717, 1.165) is 0 Å². The van der Waals surface area contributed by atoms with Crippen LogP contribution < -0.4 is 5.73 Å². The van der Waals surface area contributed by atoms with Gasteiger partial charge in [0.1, 0.15) is 0 Å². The maximum atomic E-state index is 9.52. The molecule has 2 rings (SSSR count). The van der Waals surface area contributed by atoms with Gasteiger partial charge in [0.05, 0.1) is 12.2 Å². The molecule has 12 heavy (non-hydrogen) atoms. The van der Waals surface area contributed by atoms with E-state index in [1.54, 1.807) is 7.11 Å². The van der Waals surface area contributed by atoms with Crippen LogP contribution in [-0.2, 0) is 4.74 Å². The van der Waals surface area contributed by atoms with E-state index in [1.807, 2.05) is 6.92 Å². The van der Waals surface area contributed by atoms with Crippen LogP contribution in [0.15, 0.2) is 0 Å². The summed E-state index contributed by atoms with van der Waals surface area (Å²) in [5.41, 5.74) is 5.82. The van der Waals surface area contributed by atoms with Crippen LogP contribution in [0.5, 0.6) is 0 Å². The van der Waals surface area contributed by atoms with Crippen LogP contribution in [0.25, 0.3) is 0 Å². The molecule has 0 bridgehead atoms. The molecule has 2 fully saturated rings. The first-order valence-electron chi connectivity index (χ1n) is 4.54. The lowest BCUT2D eigenvalue weighted by Crippen LogP contribution is -2.41. The molecule has 70 valence electrons. The average molecular weight is 171 g/mol. The van der Waals surface area contributed by atoms with Crippen LogP contribution in [0.3, 0.4) is 0 Å². The zero-order valence-corrected chi connectivity index (χ0v) is 7.82. The van der Waals surface area contributed by atoms with Crippen molar-refractivity contribution in [2.24, 2.45) is 23.0 Å². The standard InChI is InChI=1S/C9H17NO2/c1-4-6-7(11)9(4,6)8(12-3)5(2)10/h4-8,11H,10H2,1-3H3/t4-,5-,6-,7-,8-,9?/m0/s1. The highest BCUT2D eigenvalue weighted by atomic mass is 16.5. The number of nitrogens with two attached hydrogens (primary N) is 1. The molecule has 0 saturated heterocycles. The second-order valence-electron chi connectivity index (χ2n) is 4.27. The summed E-state index contributed by atoms with van der Waals surface area (Å²) in [6.07, 6.45) is -0.115. The first-order chi connectivity index (χ1) is 5.58. The molecule has 3 N–H and O–H groups in total. The van der Waals surface area contributed by atoms with Crippen molar-refractivity contribution < 1.29 is 9.84 Å². The Kier molecular flexibility index (Phi) is 1.57. The van der Waals surface area contributed by atoms with Crippen molar-refractivity contribution in [1.82, 2.24) is 0 Å². The highest BCUT2D eigenvalue weighted by Crippen LogP contribution is 2.81. The molecule has 0 radical (unpaired) electrons. The minimum atomic E-state index is -0.150.